The summed E-state index contributed by atoms with van der Waals surface area (Å²) in [4.78, 5) is 30.5. The van der Waals surface area contributed by atoms with Crippen LogP contribution in [0.5, 0.6) is 0 Å². The summed E-state index contributed by atoms with van der Waals surface area (Å²) in [5.74, 6) is -3.87. The number of piperidine rings is 2. The second-order valence-electron chi connectivity index (χ2n) is 11.2. The highest BCUT2D eigenvalue weighted by Gasteiger charge is 2.70. The van der Waals surface area contributed by atoms with Crippen LogP contribution >= 0.6 is 31.0 Å². The van der Waals surface area contributed by atoms with Crippen LogP contribution in [0.4, 0.5) is 13.2 Å². The number of nitrogens with one attached hydrogen (secondary N) is 1. The predicted molar refractivity (Wildman–Crippen MR) is 160 cm³/mol. The van der Waals surface area contributed by atoms with Crippen LogP contribution in [0, 0.1) is 11.7 Å². The Hall–Kier alpha value is -1.44. The van der Waals surface area contributed by atoms with Crippen molar-refractivity contribution in [3.63, 3.8) is 0 Å². The van der Waals surface area contributed by atoms with E-state index in [9.17, 15) is 18.4 Å². The van der Waals surface area contributed by atoms with Crippen LogP contribution in [-0.4, -0.2) is 52.9 Å². The van der Waals surface area contributed by atoms with Crippen molar-refractivity contribution >= 4 is 53.7 Å². The standard InChI is InChI=1S/C27H30F3N3O3.C2H6.HIS/c1-25-15-33(14-16-6-8-26(29,30)9-7-16)11-10-27(25,36-25)20-3-4-21-19(23(20)28)12-17(13-31-21)18-2-5-22(34)32-24(18)35;2*1-2/h3-4,12-13,16,18H,2,5-11,14-15H2,1H3,(H,32,34,35);1-2H3;2H. The highest BCUT2D eigenvalue weighted by molar-refractivity contribution is 14.2. The molecule has 1 aromatic carbocycles. The van der Waals surface area contributed by atoms with Gasteiger partial charge in [0.25, 0.3) is 0 Å². The molecule has 4 fully saturated rings. The molecule has 6 rings (SSSR count). The zero-order valence-corrected chi connectivity index (χ0v) is 26.2. The molecule has 3 aliphatic heterocycles. The summed E-state index contributed by atoms with van der Waals surface area (Å²) in [5.41, 5.74) is 0.307. The molecule has 2 aromatic rings. The summed E-state index contributed by atoms with van der Waals surface area (Å²) in [6.45, 7) is 8.11. The molecule has 1 aliphatic carbocycles. The van der Waals surface area contributed by atoms with E-state index in [-0.39, 0.29) is 42.8 Å². The Balaban J connectivity index is 0.000000886. The van der Waals surface area contributed by atoms with E-state index in [4.69, 9.17) is 4.74 Å². The molecular weight excluding hydrogens is 654 g/mol. The number of epoxide rings is 1. The Kier molecular flexibility index (Phi) is 9.78. The maximum Gasteiger partial charge on any atom is 0.248 e. The Morgan fingerprint density at radius 1 is 1.15 bits per heavy atom. The first-order valence-electron chi connectivity index (χ1n) is 14.0. The fourth-order valence-electron chi connectivity index (χ4n) is 6.63. The number of benzene rings is 1. The first-order valence-corrected chi connectivity index (χ1v) is 17.2. The molecule has 4 aliphatic rings. The number of rotatable bonds is 4. The number of alkyl halides is 2. The first-order chi connectivity index (χ1) is 19.1. The molecular formula is C29H37F3IN3O3S. The predicted octanol–water partition coefficient (Wildman–Crippen LogP) is 6.70. The topological polar surface area (TPSA) is 74.8 Å². The molecule has 1 aromatic heterocycles. The summed E-state index contributed by atoms with van der Waals surface area (Å²) >= 11 is 1.84. The fraction of sp³-hybridized carbons (Fsp3) is 0.621. The second kappa shape index (κ2) is 12.4. The van der Waals surface area contributed by atoms with Gasteiger partial charge < -0.3 is 4.74 Å². The number of hydrogen-bond acceptors (Lipinski definition) is 6. The average Bonchev–Trinajstić information content (AvgIpc) is 3.58. The number of halogens is 4. The quantitative estimate of drug-likeness (QED) is 0.162. The molecule has 2 amide bonds. The van der Waals surface area contributed by atoms with E-state index in [1.54, 1.807) is 24.4 Å². The van der Waals surface area contributed by atoms with Gasteiger partial charge in [0, 0.05) is 56.0 Å². The van der Waals surface area contributed by atoms with Crippen molar-refractivity contribution in [2.24, 2.45) is 5.92 Å². The lowest BCUT2D eigenvalue weighted by Gasteiger charge is -2.37. The second-order valence-corrected chi connectivity index (χ2v) is 11.2. The van der Waals surface area contributed by atoms with E-state index in [0.717, 1.165) is 6.54 Å². The van der Waals surface area contributed by atoms with Crippen LogP contribution in [0.15, 0.2) is 24.4 Å². The van der Waals surface area contributed by atoms with Gasteiger partial charge in [0.15, 0.2) is 0 Å². The molecule has 3 saturated heterocycles. The third-order valence-corrected chi connectivity index (χ3v) is 8.77. The molecule has 0 radical (unpaired) electrons. The monoisotopic (exact) mass is 691 g/mol. The van der Waals surface area contributed by atoms with Gasteiger partial charge in [-0.2, -0.15) is 0 Å². The Morgan fingerprint density at radius 3 is 2.50 bits per heavy atom. The molecule has 1 N–H and O–H groups in total. The van der Waals surface area contributed by atoms with Gasteiger partial charge in [0.2, 0.25) is 17.7 Å². The van der Waals surface area contributed by atoms with Crippen molar-refractivity contribution in [1.82, 2.24) is 15.2 Å². The third kappa shape index (κ3) is 6.03. The van der Waals surface area contributed by atoms with E-state index in [1.165, 1.54) is 0 Å². The smallest absolute Gasteiger partial charge is 0.248 e. The number of hydrogen-bond donors (Lipinski definition) is 2. The van der Waals surface area contributed by atoms with Crippen LogP contribution in [0.25, 0.3) is 10.9 Å². The van der Waals surface area contributed by atoms with Crippen molar-refractivity contribution in [2.75, 3.05) is 19.6 Å². The van der Waals surface area contributed by atoms with Crippen molar-refractivity contribution in [1.29, 1.82) is 0 Å². The molecule has 11 heteroatoms. The molecule has 40 heavy (non-hydrogen) atoms. The first kappa shape index (κ1) is 31.5. The van der Waals surface area contributed by atoms with E-state index in [0.29, 0.717) is 60.8 Å². The molecule has 6 nitrogen and oxygen atoms in total. The van der Waals surface area contributed by atoms with Gasteiger partial charge in [0.1, 0.15) is 17.0 Å². The van der Waals surface area contributed by atoms with Crippen molar-refractivity contribution < 1.29 is 27.5 Å². The maximum absolute atomic E-state index is 16.0. The molecule has 1 saturated carbocycles. The van der Waals surface area contributed by atoms with Crippen LogP contribution in [0.3, 0.4) is 0 Å². The number of pyridine rings is 1. The van der Waals surface area contributed by atoms with Crippen LogP contribution < -0.4 is 5.32 Å². The maximum atomic E-state index is 16.0. The lowest BCUT2D eigenvalue weighted by atomic mass is 9.79. The number of fused-ring (bicyclic) bond motifs is 2. The van der Waals surface area contributed by atoms with Gasteiger partial charge in [0.05, 0.1) is 11.4 Å². The fourth-order valence-corrected chi connectivity index (χ4v) is 6.63. The zero-order valence-electron chi connectivity index (χ0n) is 23.1. The molecule has 3 atom stereocenters. The number of carbonyl (C=O) groups is 2. The molecule has 0 spiro atoms. The Labute approximate surface area is 251 Å². The van der Waals surface area contributed by atoms with Gasteiger partial charge in [-0.15, -0.1) is 9.80 Å². The van der Waals surface area contributed by atoms with Gasteiger partial charge >= 0.3 is 0 Å². The number of aromatic nitrogens is 1. The molecule has 0 bridgehead atoms. The van der Waals surface area contributed by atoms with Gasteiger partial charge in [-0.05, 0) is 77.4 Å². The SMILES string of the molecule is CC.CC12CN(CC3CCC(F)(F)CC3)CCC1(c1ccc3ncc(C4CCC(=O)NC4=O)cc3c1F)O2.SI. The number of nitrogens with zero attached hydrogens (tertiary/aromatic N) is 2. The van der Waals surface area contributed by atoms with Crippen LogP contribution in [0.1, 0.15) is 82.8 Å². The summed E-state index contributed by atoms with van der Waals surface area (Å²) in [6, 6.07) is 5.21. The number of carbonyl (C=O) groups excluding carboxylic acids is 2. The van der Waals surface area contributed by atoms with Crippen molar-refractivity contribution in [2.45, 2.75) is 88.8 Å². The minimum absolute atomic E-state index is 0.0413. The van der Waals surface area contributed by atoms with Crippen molar-refractivity contribution in [3.05, 3.63) is 41.3 Å². The Morgan fingerprint density at radius 2 is 1.85 bits per heavy atom. The molecule has 4 heterocycles. The van der Waals surface area contributed by atoms with E-state index < -0.39 is 23.0 Å². The minimum Gasteiger partial charge on any atom is -0.356 e. The van der Waals surface area contributed by atoms with E-state index in [2.05, 4.69) is 25.0 Å². The Bertz CT molecular complexity index is 1260. The summed E-state index contributed by atoms with van der Waals surface area (Å²) in [6.07, 6.45) is 3.81. The third-order valence-electron chi connectivity index (χ3n) is 8.77. The van der Waals surface area contributed by atoms with Crippen LogP contribution in [-0.2, 0) is 19.9 Å². The number of likely N-dealkylation sites (tertiary alicyclic amines) is 1. The average molecular weight is 692 g/mol. The molecule has 220 valence electrons. The highest BCUT2D eigenvalue weighted by atomic mass is 127. The van der Waals surface area contributed by atoms with Crippen molar-refractivity contribution in [3.8, 4) is 0 Å². The number of thiol groups is 1. The van der Waals surface area contributed by atoms with Gasteiger partial charge in [-0.25, -0.2) is 13.2 Å². The summed E-state index contributed by atoms with van der Waals surface area (Å²) < 4.78 is 49.3. The largest absolute Gasteiger partial charge is 0.356 e. The van der Waals surface area contributed by atoms with Gasteiger partial charge in [-0.3, -0.25) is 24.8 Å². The number of imide groups is 1. The van der Waals surface area contributed by atoms with Crippen LogP contribution in [0.2, 0.25) is 0 Å². The lowest BCUT2D eigenvalue weighted by Crippen LogP contribution is -2.46. The molecule has 3 unspecified atom stereocenters. The summed E-state index contributed by atoms with van der Waals surface area (Å²) in [7, 11) is 3.50. The van der Waals surface area contributed by atoms with E-state index in [1.807, 2.05) is 42.0 Å². The van der Waals surface area contributed by atoms with Gasteiger partial charge in [-0.1, -0.05) is 19.9 Å². The van der Waals surface area contributed by atoms with E-state index >= 15 is 4.39 Å². The number of ether oxygens (including phenoxy) is 1. The normalized spacial score (nSPS) is 29.9. The highest BCUT2D eigenvalue weighted by Crippen LogP contribution is 2.61. The minimum atomic E-state index is -2.53. The number of amides is 2. The summed E-state index contributed by atoms with van der Waals surface area (Å²) in [5, 5.41) is 2.69. The zero-order chi connectivity index (χ0) is 29.3. The lowest BCUT2D eigenvalue weighted by molar-refractivity contribution is -0.134.